The molecule has 0 aliphatic rings. The van der Waals surface area contributed by atoms with Crippen molar-refractivity contribution in [2.75, 3.05) is 5.32 Å². The minimum absolute atomic E-state index is 0.0205. The van der Waals surface area contributed by atoms with Crippen LogP contribution >= 0.6 is 28.1 Å². The largest absolute Gasteiger partial charge is 0.493 e. The highest BCUT2D eigenvalue weighted by molar-refractivity contribution is 9.10. The molecule has 37 heavy (non-hydrogen) atoms. The second kappa shape index (κ2) is 10.2. The van der Waals surface area contributed by atoms with Crippen LogP contribution in [0, 0.1) is 0 Å². The van der Waals surface area contributed by atoms with E-state index >= 15 is 0 Å². The average Bonchev–Trinajstić information content (AvgIpc) is 3.07. The number of fused-ring (bicyclic) bond motifs is 1. The molecule has 192 valence electrons. The number of primary sulfonamides is 1. The summed E-state index contributed by atoms with van der Waals surface area (Å²) >= 11 is 8.51. The van der Waals surface area contributed by atoms with Crippen LogP contribution in [0.15, 0.2) is 86.3 Å². The van der Waals surface area contributed by atoms with E-state index < -0.39 is 21.8 Å². The number of alkyl halides is 3. The fraction of sp³-hybridized carbons (Fsp3) is 0.0870. The molecule has 0 amide bonds. The Labute approximate surface area is 222 Å². The van der Waals surface area contributed by atoms with Gasteiger partial charge in [0.2, 0.25) is 21.0 Å². The molecule has 14 heteroatoms. The van der Waals surface area contributed by atoms with Crippen LogP contribution in [0.4, 0.5) is 24.5 Å². The van der Waals surface area contributed by atoms with Crippen molar-refractivity contribution in [2.24, 2.45) is 15.4 Å². The van der Waals surface area contributed by atoms with Gasteiger partial charge in [0.05, 0.1) is 23.3 Å². The average molecular weight is 612 g/mol. The number of para-hydroxylation sites is 1. The van der Waals surface area contributed by atoms with Crippen molar-refractivity contribution in [3.8, 4) is 5.88 Å². The second-order valence-electron chi connectivity index (χ2n) is 7.79. The Bertz CT molecular complexity index is 1650. The van der Waals surface area contributed by atoms with Gasteiger partial charge in [0.25, 0.3) is 0 Å². The summed E-state index contributed by atoms with van der Waals surface area (Å²) in [7, 11) is -4.04. The first kappa shape index (κ1) is 26.7. The first-order valence-electron chi connectivity index (χ1n) is 10.4. The number of hydrogen-bond acceptors (Lipinski definition) is 5. The number of aromatic hydroxyl groups is 1. The van der Waals surface area contributed by atoms with E-state index in [2.05, 4.69) is 31.5 Å². The Hall–Kier alpha value is -3.33. The molecule has 8 nitrogen and oxygen atoms in total. The number of anilines is 1. The van der Waals surface area contributed by atoms with Crippen molar-refractivity contribution < 1.29 is 26.7 Å². The third-order valence-electron chi connectivity index (χ3n) is 5.24. The van der Waals surface area contributed by atoms with Gasteiger partial charge in [-0.2, -0.15) is 13.2 Å². The maximum Gasteiger partial charge on any atom is 0.416 e. The number of rotatable bonds is 5. The molecule has 0 unspecified atom stereocenters. The fourth-order valence-electron chi connectivity index (χ4n) is 3.64. The quantitative estimate of drug-likeness (QED) is 0.180. The van der Waals surface area contributed by atoms with E-state index in [9.17, 15) is 26.7 Å². The van der Waals surface area contributed by atoms with Gasteiger partial charge in [0.1, 0.15) is 4.90 Å². The molecule has 0 saturated carbocycles. The zero-order valence-electron chi connectivity index (χ0n) is 18.6. The van der Waals surface area contributed by atoms with Crippen molar-refractivity contribution in [1.82, 2.24) is 4.57 Å². The lowest BCUT2D eigenvalue weighted by molar-refractivity contribution is -0.137. The van der Waals surface area contributed by atoms with Crippen LogP contribution in [0.2, 0.25) is 0 Å². The monoisotopic (exact) mass is 611 g/mol. The molecule has 0 saturated heterocycles. The van der Waals surface area contributed by atoms with E-state index in [-0.39, 0.29) is 33.8 Å². The fourth-order valence-corrected chi connectivity index (χ4v) is 4.84. The molecule has 4 aromatic rings. The third-order valence-corrected chi connectivity index (χ3v) is 6.89. The molecule has 0 aliphatic carbocycles. The Morgan fingerprint density at radius 3 is 2.54 bits per heavy atom. The van der Waals surface area contributed by atoms with E-state index in [0.29, 0.717) is 20.9 Å². The summed E-state index contributed by atoms with van der Waals surface area (Å²) in [6.07, 6.45) is -4.51. The van der Waals surface area contributed by atoms with E-state index in [1.54, 1.807) is 24.3 Å². The molecule has 3 aromatic carbocycles. The lowest BCUT2D eigenvalue weighted by Gasteiger charge is -2.11. The predicted molar refractivity (Wildman–Crippen MR) is 140 cm³/mol. The summed E-state index contributed by atoms with van der Waals surface area (Å²) < 4.78 is 65.2. The van der Waals surface area contributed by atoms with Crippen LogP contribution in [0.25, 0.3) is 10.9 Å². The number of nitrogens with one attached hydrogen (secondary N) is 1. The molecular weight excluding hydrogens is 595 g/mol. The Balaban J connectivity index is 1.69. The van der Waals surface area contributed by atoms with Gasteiger partial charge in [0.15, 0.2) is 5.69 Å². The number of nitrogens with two attached hydrogens (primary N) is 1. The molecule has 4 N–H and O–H groups in total. The highest BCUT2D eigenvalue weighted by Gasteiger charge is 2.30. The van der Waals surface area contributed by atoms with Gasteiger partial charge >= 0.3 is 6.18 Å². The van der Waals surface area contributed by atoms with E-state index in [4.69, 9.17) is 17.4 Å². The summed E-state index contributed by atoms with van der Waals surface area (Å²) in [6, 6.07) is 15.6. The standard InChI is InChI=1S/C23H17BrF3N5O3S2/c24-15-8-9-18-16(11-15)20(21(33)32(18)12-13-4-3-5-14(10-13)23(25,26)27)30-31-22(36)29-17-6-1-2-7-19(17)37(28,34)35/h1-11,33H,12H2,(H,29,36)(H2,28,34,35). The molecule has 0 radical (unpaired) electrons. The number of azo groups is 1. The number of sulfonamides is 1. The Kier molecular flexibility index (Phi) is 7.37. The van der Waals surface area contributed by atoms with Gasteiger partial charge in [0, 0.05) is 9.86 Å². The molecule has 4 rings (SSSR count). The van der Waals surface area contributed by atoms with E-state index in [1.807, 2.05) is 0 Å². The predicted octanol–water partition coefficient (Wildman–Crippen LogP) is 6.30. The SMILES string of the molecule is NS(=O)(=O)c1ccccc1NC(=S)N=Nc1c(O)n(Cc2cccc(C(F)(F)F)c2)c2ccc(Br)cc12. The van der Waals surface area contributed by atoms with Gasteiger partial charge in [-0.15, -0.1) is 10.2 Å². The number of nitrogens with zero attached hydrogens (tertiary/aromatic N) is 3. The molecule has 0 fully saturated rings. The lowest BCUT2D eigenvalue weighted by Crippen LogP contribution is -2.16. The molecule has 0 atom stereocenters. The van der Waals surface area contributed by atoms with Crippen molar-refractivity contribution in [2.45, 2.75) is 17.6 Å². The minimum Gasteiger partial charge on any atom is -0.493 e. The zero-order valence-corrected chi connectivity index (χ0v) is 21.8. The van der Waals surface area contributed by atoms with Crippen molar-refractivity contribution >= 4 is 65.6 Å². The van der Waals surface area contributed by atoms with Crippen LogP contribution in [-0.2, 0) is 22.7 Å². The maximum absolute atomic E-state index is 13.2. The molecule has 0 aliphatic heterocycles. The van der Waals surface area contributed by atoms with E-state index in [0.717, 1.165) is 12.1 Å². The van der Waals surface area contributed by atoms with Gasteiger partial charge in [-0.25, -0.2) is 13.6 Å². The first-order valence-corrected chi connectivity index (χ1v) is 13.1. The Morgan fingerprint density at radius 2 is 1.84 bits per heavy atom. The summed E-state index contributed by atoms with van der Waals surface area (Å²) in [4.78, 5) is -0.197. The summed E-state index contributed by atoms with van der Waals surface area (Å²) in [5.74, 6) is -0.345. The van der Waals surface area contributed by atoms with Crippen LogP contribution < -0.4 is 10.5 Å². The van der Waals surface area contributed by atoms with Gasteiger partial charge in [-0.3, -0.25) is 0 Å². The molecular formula is C23H17BrF3N5O3S2. The summed E-state index contributed by atoms with van der Waals surface area (Å²) in [5.41, 5.74) is 0.107. The van der Waals surface area contributed by atoms with Crippen LogP contribution in [0.5, 0.6) is 5.88 Å². The van der Waals surface area contributed by atoms with Crippen LogP contribution in [0.3, 0.4) is 0 Å². The van der Waals surface area contributed by atoms with Crippen molar-refractivity contribution in [3.63, 3.8) is 0 Å². The third kappa shape index (κ3) is 5.98. The van der Waals surface area contributed by atoms with Gasteiger partial charge < -0.3 is 15.0 Å². The van der Waals surface area contributed by atoms with Gasteiger partial charge in [-0.1, -0.05) is 40.2 Å². The number of halogens is 4. The topological polar surface area (TPSA) is 122 Å². The van der Waals surface area contributed by atoms with Crippen molar-refractivity contribution in [1.29, 1.82) is 0 Å². The van der Waals surface area contributed by atoms with Crippen LogP contribution in [0.1, 0.15) is 11.1 Å². The summed E-state index contributed by atoms with van der Waals surface area (Å²) in [5, 5.41) is 27.0. The molecule has 1 aromatic heterocycles. The maximum atomic E-state index is 13.2. The lowest BCUT2D eigenvalue weighted by atomic mass is 10.1. The summed E-state index contributed by atoms with van der Waals surface area (Å²) in [6.45, 7) is -0.0756. The Morgan fingerprint density at radius 1 is 1.11 bits per heavy atom. The van der Waals surface area contributed by atoms with Gasteiger partial charge in [-0.05, 0) is 60.2 Å². The highest BCUT2D eigenvalue weighted by atomic mass is 79.9. The normalized spacial score (nSPS) is 12.4. The number of benzene rings is 3. The smallest absolute Gasteiger partial charge is 0.416 e. The second-order valence-corrected chi connectivity index (χ2v) is 10.6. The number of aromatic nitrogens is 1. The molecule has 1 heterocycles. The number of hydrogen-bond donors (Lipinski definition) is 3. The van der Waals surface area contributed by atoms with Crippen LogP contribution in [-0.4, -0.2) is 23.2 Å². The zero-order chi connectivity index (χ0) is 27.0. The minimum atomic E-state index is -4.51. The number of thiocarbonyl (C=S) groups is 1. The van der Waals surface area contributed by atoms with E-state index in [1.165, 1.54) is 34.9 Å². The molecule has 0 spiro atoms. The highest BCUT2D eigenvalue weighted by Crippen LogP contribution is 2.41. The molecule has 0 bridgehead atoms. The van der Waals surface area contributed by atoms with Crippen molar-refractivity contribution in [3.05, 3.63) is 82.3 Å². The first-order chi connectivity index (χ1) is 17.3.